The summed E-state index contributed by atoms with van der Waals surface area (Å²) in [5.41, 5.74) is 1.40. The number of aliphatic hydroxyl groups is 1. The zero-order chi connectivity index (χ0) is 16.1. The molecular formula is C15H20F2N2O3. The number of benzene rings is 1. The number of amides is 2. The lowest BCUT2D eigenvalue weighted by molar-refractivity contribution is -0.0504. The number of rotatable bonds is 5. The van der Waals surface area contributed by atoms with E-state index in [2.05, 4.69) is 10.1 Å². The van der Waals surface area contributed by atoms with E-state index in [-0.39, 0.29) is 30.9 Å². The van der Waals surface area contributed by atoms with Gasteiger partial charge in [0.15, 0.2) is 0 Å². The summed E-state index contributed by atoms with van der Waals surface area (Å²) < 4.78 is 29.2. The SMILES string of the molecule is Cc1ccc(OC(F)F)c(CNC(=O)N2CCC(CO)C2)c1. The quantitative estimate of drug-likeness (QED) is 0.875. The number of urea groups is 1. The molecule has 0 radical (unpaired) electrons. The van der Waals surface area contributed by atoms with Crippen LogP contribution in [-0.2, 0) is 6.54 Å². The van der Waals surface area contributed by atoms with Gasteiger partial charge >= 0.3 is 12.6 Å². The average molecular weight is 314 g/mol. The summed E-state index contributed by atoms with van der Waals surface area (Å²) in [7, 11) is 0. The van der Waals surface area contributed by atoms with Crippen molar-refractivity contribution in [2.24, 2.45) is 5.92 Å². The molecular weight excluding hydrogens is 294 g/mol. The Morgan fingerprint density at radius 2 is 2.32 bits per heavy atom. The van der Waals surface area contributed by atoms with Gasteiger partial charge in [0, 0.05) is 37.7 Å². The third-order valence-corrected chi connectivity index (χ3v) is 3.69. The molecule has 1 fully saturated rings. The van der Waals surface area contributed by atoms with E-state index >= 15 is 0 Å². The molecule has 1 aromatic rings. The van der Waals surface area contributed by atoms with E-state index in [9.17, 15) is 13.6 Å². The van der Waals surface area contributed by atoms with E-state index in [0.29, 0.717) is 18.7 Å². The Morgan fingerprint density at radius 3 is 2.95 bits per heavy atom. The second-order valence-corrected chi connectivity index (χ2v) is 5.43. The Morgan fingerprint density at radius 1 is 1.55 bits per heavy atom. The minimum atomic E-state index is -2.90. The predicted octanol–water partition coefficient (Wildman–Crippen LogP) is 2.12. The predicted molar refractivity (Wildman–Crippen MR) is 76.8 cm³/mol. The summed E-state index contributed by atoms with van der Waals surface area (Å²) >= 11 is 0. The number of alkyl halides is 2. The van der Waals surface area contributed by atoms with E-state index in [1.54, 1.807) is 17.0 Å². The van der Waals surface area contributed by atoms with E-state index in [1.807, 2.05) is 6.92 Å². The van der Waals surface area contributed by atoms with Gasteiger partial charge in [0.05, 0.1) is 0 Å². The maximum atomic E-state index is 12.4. The van der Waals surface area contributed by atoms with Crippen molar-refractivity contribution in [1.29, 1.82) is 0 Å². The van der Waals surface area contributed by atoms with Crippen molar-refractivity contribution in [2.45, 2.75) is 26.5 Å². The monoisotopic (exact) mass is 314 g/mol. The molecule has 22 heavy (non-hydrogen) atoms. The fourth-order valence-corrected chi connectivity index (χ4v) is 2.51. The maximum absolute atomic E-state index is 12.4. The fraction of sp³-hybridized carbons (Fsp3) is 0.533. The lowest BCUT2D eigenvalue weighted by Crippen LogP contribution is -2.38. The number of likely N-dealkylation sites (tertiary alicyclic amines) is 1. The molecule has 1 saturated heterocycles. The Labute approximate surface area is 127 Å². The maximum Gasteiger partial charge on any atom is 0.387 e. The van der Waals surface area contributed by atoms with Crippen LogP contribution in [0.2, 0.25) is 0 Å². The molecule has 0 aliphatic carbocycles. The van der Waals surface area contributed by atoms with Gasteiger partial charge in [-0.2, -0.15) is 8.78 Å². The van der Waals surface area contributed by atoms with Gasteiger partial charge in [-0.15, -0.1) is 0 Å². The van der Waals surface area contributed by atoms with E-state index < -0.39 is 6.61 Å². The van der Waals surface area contributed by atoms with Crippen LogP contribution in [0.3, 0.4) is 0 Å². The largest absolute Gasteiger partial charge is 0.434 e. The highest BCUT2D eigenvalue weighted by Gasteiger charge is 2.25. The minimum Gasteiger partial charge on any atom is -0.434 e. The Balaban J connectivity index is 1.96. The van der Waals surface area contributed by atoms with Crippen LogP contribution in [-0.4, -0.2) is 42.3 Å². The first-order valence-electron chi connectivity index (χ1n) is 7.17. The highest BCUT2D eigenvalue weighted by atomic mass is 19.3. The van der Waals surface area contributed by atoms with Gasteiger partial charge in [-0.25, -0.2) is 4.79 Å². The number of carbonyl (C=O) groups is 1. The summed E-state index contributed by atoms with van der Waals surface area (Å²) in [6.45, 7) is 0.212. The first kappa shape index (κ1) is 16.5. The molecule has 0 bridgehead atoms. The highest BCUT2D eigenvalue weighted by Crippen LogP contribution is 2.22. The minimum absolute atomic E-state index is 0.0635. The Hall–Kier alpha value is -1.89. The fourth-order valence-electron chi connectivity index (χ4n) is 2.51. The number of hydrogen-bond acceptors (Lipinski definition) is 3. The van der Waals surface area contributed by atoms with Gasteiger partial charge in [0.1, 0.15) is 5.75 Å². The van der Waals surface area contributed by atoms with Crippen molar-refractivity contribution in [3.63, 3.8) is 0 Å². The molecule has 1 aromatic carbocycles. The molecule has 1 aliphatic rings. The van der Waals surface area contributed by atoms with Gasteiger partial charge in [-0.3, -0.25) is 0 Å². The van der Waals surface area contributed by atoms with Gasteiger partial charge in [-0.1, -0.05) is 17.7 Å². The Bertz CT molecular complexity index is 526. The van der Waals surface area contributed by atoms with Crippen molar-refractivity contribution in [1.82, 2.24) is 10.2 Å². The number of aliphatic hydroxyl groups excluding tert-OH is 1. The van der Waals surface area contributed by atoms with E-state index in [0.717, 1.165) is 12.0 Å². The van der Waals surface area contributed by atoms with Crippen molar-refractivity contribution in [3.8, 4) is 5.75 Å². The van der Waals surface area contributed by atoms with Crippen LogP contribution >= 0.6 is 0 Å². The van der Waals surface area contributed by atoms with Crippen LogP contribution in [0.25, 0.3) is 0 Å². The summed E-state index contributed by atoms with van der Waals surface area (Å²) in [5.74, 6) is 0.179. The molecule has 122 valence electrons. The first-order chi connectivity index (χ1) is 10.5. The second kappa shape index (κ2) is 7.40. The molecule has 5 nitrogen and oxygen atoms in total. The first-order valence-corrected chi connectivity index (χ1v) is 7.17. The van der Waals surface area contributed by atoms with Crippen LogP contribution in [0.4, 0.5) is 13.6 Å². The van der Waals surface area contributed by atoms with Crippen LogP contribution in [0.15, 0.2) is 18.2 Å². The molecule has 0 spiro atoms. The zero-order valence-electron chi connectivity index (χ0n) is 12.4. The number of carbonyl (C=O) groups excluding carboxylic acids is 1. The third-order valence-electron chi connectivity index (χ3n) is 3.69. The number of halogens is 2. The van der Waals surface area contributed by atoms with Crippen LogP contribution in [0.1, 0.15) is 17.5 Å². The van der Waals surface area contributed by atoms with Gasteiger partial charge in [0.25, 0.3) is 0 Å². The molecule has 1 aliphatic heterocycles. The lowest BCUT2D eigenvalue weighted by Gasteiger charge is -2.18. The molecule has 2 rings (SSSR count). The Kier molecular flexibility index (Phi) is 5.54. The van der Waals surface area contributed by atoms with Crippen molar-refractivity contribution >= 4 is 6.03 Å². The zero-order valence-corrected chi connectivity index (χ0v) is 12.4. The number of nitrogens with zero attached hydrogens (tertiary/aromatic N) is 1. The summed E-state index contributed by atoms with van der Waals surface area (Å²) in [6, 6.07) is 4.59. The standard InChI is InChI=1S/C15H20F2N2O3/c1-10-2-3-13(22-14(16)17)12(6-10)7-18-15(21)19-5-4-11(8-19)9-20/h2-3,6,11,14,20H,4-5,7-9H2,1H3,(H,18,21). The summed E-state index contributed by atoms with van der Waals surface area (Å²) in [4.78, 5) is 13.7. The average Bonchev–Trinajstić information content (AvgIpc) is 2.95. The molecule has 0 saturated carbocycles. The number of hydrogen-bond donors (Lipinski definition) is 2. The van der Waals surface area contributed by atoms with Crippen molar-refractivity contribution in [3.05, 3.63) is 29.3 Å². The molecule has 2 amide bonds. The van der Waals surface area contributed by atoms with E-state index in [1.165, 1.54) is 6.07 Å². The van der Waals surface area contributed by atoms with Crippen molar-refractivity contribution in [2.75, 3.05) is 19.7 Å². The lowest BCUT2D eigenvalue weighted by atomic mass is 10.1. The highest BCUT2D eigenvalue weighted by molar-refractivity contribution is 5.74. The van der Waals surface area contributed by atoms with Gasteiger partial charge < -0.3 is 20.1 Å². The molecule has 2 N–H and O–H groups in total. The molecule has 1 heterocycles. The molecule has 0 aromatic heterocycles. The smallest absolute Gasteiger partial charge is 0.387 e. The summed E-state index contributed by atoms with van der Waals surface area (Å²) in [5, 5.41) is 11.8. The van der Waals surface area contributed by atoms with Crippen molar-refractivity contribution < 1.29 is 23.4 Å². The number of aryl methyl sites for hydroxylation is 1. The van der Waals surface area contributed by atoms with Gasteiger partial charge in [-0.05, 0) is 19.4 Å². The summed E-state index contributed by atoms with van der Waals surface area (Å²) in [6.07, 6.45) is 0.772. The molecule has 1 atom stereocenters. The van der Waals surface area contributed by atoms with Gasteiger partial charge in [0.2, 0.25) is 0 Å². The second-order valence-electron chi connectivity index (χ2n) is 5.43. The number of nitrogens with one attached hydrogen (secondary N) is 1. The normalized spacial score (nSPS) is 17.9. The topological polar surface area (TPSA) is 61.8 Å². The third kappa shape index (κ3) is 4.30. The van der Waals surface area contributed by atoms with E-state index in [4.69, 9.17) is 5.11 Å². The molecule has 1 unspecified atom stereocenters. The van der Waals surface area contributed by atoms with Crippen LogP contribution in [0, 0.1) is 12.8 Å². The van der Waals surface area contributed by atoms with Crippen LogP contribution < -0.4 is 10.1 Å². The number of ether oxygens (including phenoxy) is 1. The van der Waals surface area contributed by atoms with Crippen LogP contribution in [0.5, 0.6) is 5.75 Å². The molecule has 7 heteroatoms.